The number of hydrogen-bond donors (Lipinski definition) is 1. The molecule has 2 aliphatic heterocycles. The van der Waals surface area contributed by atoms with Crippen LogP contribution >= 0.6 is 0 Å². The predicted octanol–water partition coefficient (Wildman–Crippen LogP) is 3.74. The number of morpholine rings is 1. The third kappa shape index (κ3) is 4.92. The molecule has 2 heterocycles. The van der Waals surface area contributed by atoms with Gasteiger partial charge in [-0.1, -0.05) is 12.1 Å². The molecule has 3 aliphatic rings. The number of nitrogens with two attached hydrogens (primary N) is 1. The van der Waals surface area contributed by atoms with Gasteiger partial charge in [-0.3, -0.25) is 4.90 Å². The first-order valence-corrected chi connectivity index (χ1v) is 10.9. The smallest absolute Gasteiger partial charge is 0.0594 e. The lowest BCUT2D eigenvalue weighted by molar-refractivity contribution is 0.0321. The summed E-state index contributed by atoms with van der Waals surface area (Å²) >= 11 is 0. The number of nitrogens with zero attached hydrogens (tertiary/aromatic N) is 2. The van der Waals surface area contributed by atoms with E-state index in [1.807, 2.05) is 0 Å². The van der Waals surface area contributed by atoms with Crippen LogP contribution < -0.4 is 5.73 Å². The quantitative estimate of drug-likeness (QED) is 0.803. The first-order valence-electron chi connectivity index (χ1n) is 10.9. The zero-order chi connectivity index (χ0) is 18.5. The number of piperidine rings is 1. The Hall–Kier alpha value is -1.36. The Bertz CT molecular complexity index is 643. The van der Waals surface area contributed by atoms with Gasteiger partial charge in [0.2, 0.25) is 0 Å². The Labute approximate surface area is 164 Å². The van der Waals surface area contributed by atoms with Gasteiger partial charge in [-0.05, 0) is 80.8 Å². The predicted molar refractivity (Wildman–Crippen MR) is 113 cm³/mol. The summed E-state index contributed by atoms with van der Waals surface area (Å²) in [5.74, 6) is 0.688. The second-order valence-corrected chi connectivity index (χ2v) is 8.39. The molecule has 2 N–H and O–H groups in total. The molecule has 27 heavy (non-hydrogen) atoms. The van der Waals surface area contributed by atoms with Gasteiger partial charge < -0.3 is 15.4 Å². The summed E-state index contributed by atoms with van der Waals surface area (Å²) in [6.45, 7) is 8.83. The number of nitrogen functional groups attached to an aromatic ring is 1. The highest BCUT2D eigenvalue weighted by molar-refractivity contribution is 5.76. The average Bonchev–Trinajstić information content (AvgIpc) is 2.74. The van der Waals surface area contributed by atoms with Crippen LogP contribution in [0.1, 0.15) is 55.6 Å². The molecule has 0 amide bonds. The van der Waals surface area contributed by atoms with Crippen molar-refractivity contribution in [2.45, 2.75) is 44.4 Å². The Kier molecular flexibility index (Phi) is 6.48. The molecule has 0 saturated carbocycles. The zero-order valence-corrected chi connectivity index (χ0v) is 16.7. The third-order valence-electron chi connectivity index (χ3n) is 6.61. The van der Waals surface area contributed by atoms with Gasteiger partial charge >= 0.3 is 0 Å². The average molecular weight is 370 g/mol. The van der Waals surface area contributed by atoms with Gasteiger partial charge in [0, 0.05) is 37.4 Å². The molecule has 0 atom stereocenters. The number of anilines is 1. The van der Waals surface area contributed by atoms with E-state index in [4.69, 9.17) is 10.5 Å². The van der Waals surface area contributed by atoms with Gasteiger partial charge in [0.1, 0.15) is 0 Å². The van der Waals surface area contributed by atoms with Crippen molar-refractivity contribution in [2.24, 2.45) is 0 Å². The molecule has 1 aliphatic carbocycles. The molecule has 2 fully saturated rings. The first kappa shape index (κ1) is 19.0. The second-order valence-electron chi connectivity index (χ2n) is 8.39. The van der Waals surface area contributed by atoms with E-state index in [1.165, 1.54) is 81.4 Å². The molecule has 4 heteroatoms. The summed E-state index contributed by atoms with van der Waals surface area (Å²) in [6.07, 6.45) is 9.97. The van der Waals surface area contributed by atoms with E-state index >= 15 is 0 Å². The maximum atomic E-state index is 6.32. The lowest BCUT2D eigenvalue weighted by Gasteiger charge is -2.35. The fourth-order valence-corrected chi connectivity index (χ4v) is 4.79. The monoisotopic (exact) mass is 369 g/mol. The van der Waals surface area contributed by atoms with Crippen LogP contribution in [0.4, 0.5) is 5.69 Å². The number of hydrogen-bond acceptors (Lipinski definition) is 4. The minimum Gasteiger partial charge on any atom is -0.398 e. The van der Waals surface area contributed by atoms with Gasteiger partial charge in [0.25, 0.3) is 0 Å². The normalized spacial score (nSPS) is 23.3. The van der Waals surface area contributed by atoms with E-state index in [0.717, 1.165) is 32.0 Å². The van der Waals surface area contributed by atoms with Crippen molar-refractivity contribution in [2.75, 3.05) is 58.2 Å². The summed E-state index contributed by atoms with van der Waals surface area (Å²) < 4.78 is 5.45. The summed E-state index contributed by atoms with van der Waals surface area (Å²) in [5, 5.41) is 0. The summed E-state index contributed by atoms with van der Waals surface area (Å²) in [5.41, 5.74) is 11.6. The Balaban J connectivity index is 1.32. The summed E-state index contributed by atoms with van der Waals surface area (Å²) in [7, 11) is 0. The van der Waals surface area contributed by atoms with Crippen molar-refractivity contribution < 1.29 is 4.74 Å². The van der Waals surface area contributed by atoms with Crippen LogP contribution in [0.5, 0.6) is 0 Å². The summed E-state index contributed by atoms with van der Waals surface area (Å²) in [4.78, 5) is 5.19. The van der Waals surface area contributed by atoms with Crippen molar-refractivity contribution in [1.82, 2.24) is 9.80 Å². The lowest BCUT2D eigenvalue weighted by Crippen LogP contribution is -2.43. The molecule has 2 saturated heterocycles. The Morgan fingerprint density at radius 2 is 1.70 bits per heavy atom. The van der Waals surface area contributed by atoms with E-state index in [9.17, 15) is 0 Å². The molecule has 0 unspecified atom stereocenters. The molecule has 4 rings (SSSR count). The van der Waals surface area contributed by atoms with Crippen LogP contribution in [0, 0.1) is 0 Å². The molecular formula is C23H35N3O. The van der Waals surface area contributed by atoms with Crippen LogP contribution in [0.2, 0.25) is 0 Å². The van der Waals surface area contributed by atoms with E-state index in [0.29, 0.717) is 5.92 Å². The maximum absolute atomic E-state index is 6.32. The van der Waals surface area contributed by atoms with Crippen molar-refractivity contribution in [3.8, 4) is 0 Å². The SMILES string of the molecule is Nc1ccc(C2CCN(CCN3CCOCC3)CC2)cc1C1=CCCCC1. The molecule has 148 valence electrons. The van der Waals surface area contributed by atoms with Gasteiger partial charge in [-0.2, -0.15) is 0 Å². The number of rotatable bonds is 5. The molecular weight excluding hydrogens is 334 g/mol. The first-order chi connectivity index (χ1) is 13.3. The topological polar surface area (TPSA) is 41.7 Å². The fraction of sp³-hybridized carbons (Fsp3) is 0.652. The van der Waals surface area contributed by atoms with Crippen LogP contribution in [0.15, 0.2) is 24.3 Å². The van der Waals surface area contributed by atoms with Crippen LogP contribution in [0.3, 0.4) is 0 Å². The third-order valence-corrected chi connectivity index (χ3v) is 6.61. The van der Waals surface area contributed by atoms with Crippen molar-refractivity contribution in [3.63, 3.8) is 0 Å². The molecule has 0 spiro atoms. The Morgan fingerprint density at radius 3 is 2.41 bits per heavy atom. The van der Waals surface area contributed by atoms with Crippen molar-refractivity contribution in [3.05, 3.63) is 35.4 Å². The van der Waals surface area contributed by atoms with Gasteiger partial charge in [-0.15, -0.1) is 0 Å². The largest absolute Gasteiger partial charge is 0.398 e. The van der Waals surface area contributed by atoms with Gasteiger partial charge in [0.05, 0.1) is 13.2 Å². The van der Waals surface area contributed by atoms with Crippen molar-refractivity contribution in [1.29, 1.82) is 0 Å². The van der Waals surface area contributed by atoms with Crippen molar-refractivity contribution >= 4 is 11.3 Å². The standard InChI is InChI=1S/C23H35N3O/c24-23-7-6-21(18-22(23)20-4-2-1-3-5-20)19-8-10-25(11-9-19)12-13-26-14-16-27-17-15-26/h4,6-7,18-19H,1-3,5,8-17,24H2. The molecule has 0 bridgehead atoms. The lowest BCUT2D eigenvalue weighted by atomic mass is 9.85. The van der Waals surface area contributed by atoms with E-state index in [2.05, 4.69) is 34.1 Å². The minimum atomic E-state index is 0.688. The van der Waals surface area contributed by atoms with Crippen LogP contribution in [-0.2, 0) is 4.74 Å². The van der Waals surface area contributed by atoms with Crippen LogP contribution in [0.25, 0.3) is 5.57 Å². The molecule has 0 aromatic heterocycles. The van der Waals surface area contributed by atoms with E-state index in [1.54, 1.807) is 0 Å². The zero-order valence-electron chi connectivity index (χ0n) is 16.7. The maximum Gasteiger partial charge on any atom is 0.0594 e. The highest BCUT2D eigenvalue weighted by Gasteiger charge is 2.22. The molecule has 4 nitrogen and oxygen atoms in total. The molecule has 0 radical (unpaired) electrons. The number of likely N-dealkylation sites (tertiary alicyclic amines) is 1. The molecule has 1 aromatic carbocycles. The number of allylic oxidation sites excluding steroid dienone is 2. The van der Waals surface area contributed by atoms with Gasteiger partial charge in [-0.25, -0.2) is 0 Å². The highest BCUT2D eigenvalue weighted by Crippen LogP contribution is 2.35. The fourth-order valence-electron chi connectivity index (χ4n) is 4.79. The second kappa shape index (κ2) is 9.22. The molecule has 1 aromatic rings. The van der Waals surface area contributed by atoms with E-state index in [-0.39, 0.29) is 0 Å². The summed E-state index contributed by atoms with van der Waals surface area (Å²) in [6, 6.07) is 6.82. The minimum absolute atomic E-state index is 0.688. The van der Waals surface area contributed by atoms with Gasteiger partial charge in [0.15, 0.2) is 0 Å². The number of benzene rings is 1. The Morgan fingerprint density at radius 1 is 0.963 bits per heavy atom. The van der Waals surface area contributed by atoms with Crippen LogP contribution in [-0.4, -0.2) is 62.3 Å². The van der Waals surface area contributed by atoms with E-state index < -0.39 is 0 Å². The number of ether oxygens (including phenoxy) is 1. The highest BCUT2D eigenvalue weighted by atomic mass is 16.5.